The SMILES string of the molecule is CCCNCc1ccc(N2CCCC2C)c(Cl)c1. The van der Waals surface area contributed by atoms with Crippen molar-refractivity contribution in [1.29, 1.82) is 0 Å². The van der Waals surface area contributed by atoms with Gasteiger partial charge in [0.2, 0.25) is 0 Å². The van der Waals surface area contributed by atoms with Crippen molar-refractivity contribution >= 4 is 17.3 Å². The molecule has 0 radical (unpaired) electrons. The Morgan fingerprint density at radius 2 is 2.28 bits per heavy atom. The van der Waals surface area contributed by atoms with E-state index in [1.165, 1.54) is 24.1 Å². The Balaban J connectivity index is 2.05. The molecule has 0 bridgehead atoms. The second kappa shape index (κ2) is 6.44. The molecule has 1 saturated heterocycles. The Morgan fingerprint density at radius 1 is 1.44 bits per heavy atom. The normalized spacial score (nSPS) is 19.5. The van der Waals surface area contributed by atoms with Crippen LogP contribution in [0, 0.1) is 0 Å². The average molecular weight is 267 g/mol. The largest absolute Gasteiger partial charge is 0.368 e. The minimum Gasteiger partial charge on any atom is -0.368 e. The third kappa shape index (κ3) is 3.18. The maximum Gasteiger partial charge on any atom is 0.0642 e. The van der Waals surface area contributed by atoms with E-state index in [1.807, 2.05) is 0 Å². The van der Waals surface area contributed by atoms with Gasteiger partial charge in [0.25, 0.3) is 0 Å². The molecule has 3 heteroatoms. The van der Waals surface area contributed by atoms with Crippen LogP contribution in [0.2, 0.25) is 5.02 Å². The summed E-state index contributed by atoms with van der Waals surface area (Å²) in [6.07, 6.45) is 3.71. The summed E-state index contributed by atoms with van der Waals surface area (Å²) < 4.78 is 0. The fraction of sp³-hybridized carbons (Fsp3) is 0.600. The van der Waals surface area contributed by atoms with Gasteiger partial charge >= 0.3 is 0 Å². The van der Waals surface area contributed by atoms with Crippen molar-refractivity contribution < 1.29 is 0 Å². The summed E-state index contributed by atoms with van der Waals surface area (Å²) in [5, 5.41) is 4.29. The van der Waals surface area contributed by atoms with Gasteiger partial charge in [-0.05, 0) is 50.4 Å². The van der Waals surface area contributed by atoms with Crippen molar-refractivity contribution in [3.05, 3.63) is 28.8 Å². The molecule has 0 aliphatic carbocycles. The van der Waals surface area contributed by atoms with Crippen molar-refractivity contribution in [2.75, 3.05) is 18.0 Å². The molecule has 1 fully saturated rings. The molecule has 2 nitrogen and oxygen atoms in total. The Morgan fingerprint density at radius 3 is 2.89 bits per heavy atom. The van der Waals surface area contributed by atoms with E-state index in [4.69, 9.17) is 11.6 Å². The lowest BCUT2D eigenvalue weighted by Crippen LogP contribution is -2.26. The van der Waals surface area contributed by atoms with Crippen LogP contribution in [0.3, 0.4) is 0 Å². The van der Waals surface area contributed by atoms with Crippen LogP contribution in [0.1, 0.15) is 38.7 Å². The fourth-order valence-electron chi connectivity index (χ4n) is 2.59. The van der Waals surface area contributed by atoms with Crippen molar-refractivity contribution in [2.45, 2.75) is 45.7 Å². The van der Waals surface area contributed by atoms with Gasteiger partial charge in [0.15, 0.2) is 0 Å². The first-order chi connectivity index (χ1) is 8.72. The summed E-state index contributed by atoms with van der Waals surface area (Å²) in [5.74, 6) is 0. The summed E-state index contributed by atoms with van der Waals surface area (Å²) in [7, 11) is 0. The van der Waals surface area contributed by atoms with Crippen LogP contribution in [0.25, 0.3) is 0 Å². The van der Waals surface area contributed by atoms with Crippen molar-refractivity contribution in [1.82, 2.24) is 5.32 Å². The lowest BCUT2D eigenvalue weighted by molar-refractivity contribution is 0.675. The predicted molar refractivity (Wildman–Crippen MR) is 79.5 cm³/mol. The Hall–Kier alpha value is -0.730. The maximum absolute atomic E-state index is 6.42. The number of rotatable bonds is 5. The highest BCUT2D eigenvalue weighted by Crippen LogP contribution is 2.32. The van der Waals surface area contributed by atoms with E-state index in [0.29, 0.717) is 6.04 Å². The van der Waals surface area contributed by atoms with Gasteiger partial charge in [-0.25, -0.2) is 0 Å². The molecule has 1 heterocycles. The van der Waals surface area contributed by atoms with Crippen LogP contribution in [0.15, 0.2) is 18.2 Å². The number of nitrogens with one attached hydrogen (secondary N) is 1. The number of hydrogen-bond acceptors (Lipinski definition) is 2. The third-order valence-corrected chi connectivity index (χ3v) is 3.93. The van der Waals surface area contributed by atoms with Crippen molar-refractivity contribution in [3.63, 3.8) is 0 Å². The first-order valence-corrected chi connectivity index (χ1v) is 7.36. The molecule has 1 atom stereocenters. The van der Waals surface area contributed by atoms with E-state index >= 15 is 0 Å². The molecule has 0 spiro atoms. The molecular formula is C15H23ClN2. The van der Waals surface area contributed by atoms with Gasteiger partial charge in [0.05, 0.1) is 10.7 Å². The van der Waals surface area contributed by atoms with Gasteiger partial charge in [-0.3, -0.25) is 0 Å². The van der Waals surface area contributed by atoms with Gasteiger partial charge in [-0.15, -0.1) is 0 Å². The molecule has 100 valence electrons. The summed E-state index contributed by atoms with van der Waals surface area (Å²) in [6.45, 7) is 7.55. The van der Waals surface area contributed by atoms with Crippen molar-refractivity contribution in [2.24, 2.45) is 0 Å². The minimum atomic E-state index is 0.617. The smallest absolute Gasteiger partial charge is 0.0642 e. The molecule has 1 aliphatic heterocycles. The molecule has 1 unspecified atom stereocenters. The standard InChI is InChI=1S/C15H23ClN2/c1-3-8-17-11-13-6-7-15(14(16)10-13)18-9-4-5-12(18)2/h6-7,10,12,17H,3-5,8-9,11H2,1-2H3. The molecule has 0 amide bonds. The zero-order valence-corrected chi connectivity index (χ0v) is 12.1. The summed E-state index contributed by atoms with van der Waals surface area (Å²) in [5.41, 5.74) is 2.46. The van der Waals surface area contributed by atoms with E-state index in [9.17, 15) is 0 Å². The van der Waals surface area contributed by atoms with Gasteiger partial charge < -0.3 is 10.2 Å². The average Bonchev–Trinajstić information content (AvgIpc) is 2.76. The molecule has 1 N–H and O–H groups in total. The highest BCUT2D eigenvalue weighted by atomic mass is 35.5. The van der Waals surface area contributed by atoms with Gasteiger partial charge in [-0.2, -0.15) is 0 Å². The molecule has 1 aromatic carbocycles. The molecule has 0 saturated carbocycles. The number of anilines is 1. The lowest BCUT2D eigenvalue weighted by atomic mass is 10.1. The van der Waals surface area contributed by atoms with Crippen molar-refractivity contribution in [3.8, 4) is 0 Å². The van der Waals surface area contributed by atoms with Crippen LogP contribution < -0.4 is 10.2 Å². The molecule has 1 aliphatic rings. The molecule has 0 aromatic heterocycles. The lowest BCUT2D eigenvalue weighted by Gasteiger charge is -2.25. The van der Waals surface area contributed by atoms with Crippen LogP contribution in [0.5, 0.6) is 0 Å². The predicted octanol–water partition coefficient (Wildman–Crippen LogP) is 3.83. The van der Waals surface area contributed by atoms with E-state index in [0.717, 1.165) is 31.1 Å². The quantitative estimate of drug-likeness (QED) is 0.815. The second-order valence-corrected chi connectivity index (χ2v) is 5.55. The number of nitrogens with zero attached hydrogens (tertiary/aromatic N) is 1. The van der Waals surface area contributed by atoms with Crippen LogP contribution >= 0.6 is 11.6 Å². The van der Waals surface area contributed by atoms with E-state index in [2.05, 4.69) is 42.3 Å². The van der Waals surface area contributed by atoms with Crippen LogP contribution in [0.4, 0.5) is 5.69 Å². The highest BCUT2D eigenvalue weighted by molar-refractivity contribution is 6.33. The zero-order chi connectivity index (χ0) is 13.0. The first kappa shape index (κ1) is 13.7. The Bertz CT molecular complexity index is 392. The summed E-state index contributed by atoms with van der Waals surface area (Å²) in [6, 6.07) is 7.08. The van der Waals surface area contributed by atoms with Gasteiger partial charge in [0, 0.05) is 19.1 Å². The van der Waals surface area contributed by atoms with Gasteiger partial charge in [-0.1, -0.05) is 24.6 Å². The minimum absolute atomic E-state index is 0.617. The van der Waals surface area contributed by atoms with E-state index < -0.39 is 0 Å². The van der Waals surface area contributed by atoms with E-state index in [1.54, 1.807) is 0 Å². The molecule has 2 rings (SSSR count). The van der Waals surface area contributed by atoms with Crippen LogP contribution in [-0.2, 0) is 6.54 Å². The highest BCUT2D eigenvalue weighted by Gasteiger charge is 2.22. The molecule has 1 aromatic rings. The van der Waals surface area contributed by atoms with Gasteiger partial charge in [0.1, 0.15) is 0 Å². The first-order valence-electron chi connectivity index (χ1n) is 6.98. The summed E-state index contributed by atoms with van der Waals surface area (Å²) >= 11 is 6.42. The topological polar surface area (TPSA) is 15.3 Å². The maximum atomic E-state index is 6.42. The summed E-state index contributed by atoms with van der Waals surface area (Å²) in [4.78, 5) is 2.42. The third-order valence-electron chi connectivity index (χ3n) is 3.63. The number of hydrogen-bond donors (Lipinski definition) is 1. The number of halogens is 1. The Kier molecular flexibility index (Phi) is 4.90. The fourth-order valence-corrected chi connectivity index (χ4v) is 2.91. The number of benzene rings is 1. The Labute approximate surface area is 115 Å². The monoisotopic (exact) mass is 266 g/mol. The second-order valence-electron chi connectivity index (χ2n) is 5.15. The van der Waals surface area contributed by atoms with E-state index in [-0.39, 0.29) is 0 Å². The molecular weight excluding hydrogens is 244 g/mol. The molecule has 18 heavy (non-hydrogen) atoms. The van der Waals surface area contributed by atoms with Crippen LogP contribution in [-0.4, -0.2) is 19.1 Å². The zero-order valence-electron chi connectivity index (χ0n) is 11.4.